The van der Waals surface area contributed by atoms with E-state index >= 15 is 0 Å². The highest BCUT2D eigenvalue weighted by Crippen LogP contribution is 2.33. The fraction of sp³-hybridized carbons (Fsp3) is 0.429. The first-order chi connectivity index (χ1) is 14.6. The number of sulfonamides is 1. The smallest absolute Gasteiger partial charge is 0.251 e. The fourth-order valence-corrected chi connectivity index (χ4v) is 6.15. The summed E-state index contributed by atoms with van der Waals surface area (Å²) in [6.45, 7) is 6.53. The second kappa shape index (κ2) is 9.37. The average Bonchev–Trinajstić information content (AvgIpc) is 3.02. The van der Waals surface area contributed by atoms with Crippen LogP contribution in [0.25, 0.3) is 0 Å². The van der Waals surface area contributed by atoms with Crippen LogP contribution in [0, 0.1) is 19.8 Å². The number of carbonyl (C=O) groups is 2. The summed E-state index contributed by atoms with van der Waals surface area (Å²) in [4.78, 5) is 25.6. The monoisotopic (exact) mass is 465 g/mol. The molecule has 0 unspecified atom stereocenters. The molecule has 0 radical (unpaired) electrons. The van der Waals surface area contributed by atoms with E-state index in [0.717, 1.165) is 10.4 Å². The van der Waals surface area contributed by atoms with Crippen LogP contribution in [0.4, 0.5) is 5.00 Å². The Labute approximate surface area is 186 Å². The molecule has 3 N–H and O–H groups in total. The number of rotatable bonds is 7. The van der Waals surface area contributed by atoms with E-state index in [1.54, 1.807) is 19.1 Å². The number of benzene rings is 1. The van der Waals surface area contributed by atoms with Gasteiger partial charge in [0.2, 0.25) is 15.9 Å². The molecule has 2 amide bonds. The lowest BCUT2D eigenvalue weighted by atomic mass is 9.97. The molecule has 0 aliphatic carbocycles. The van der Waals surface area contributed by atoms with Crippen LogP contribution in [0.2, 0.25) is 0 Å². The van der Waals surface area contributed by atoms with Gasteiger partial charge in [-0.15, -0.1) is 11.3 Å². The summed E-state index contributed by atoms with van der Waals surface area (Å²) in [5.41, 5.74) is 6.57. The molecule has 31 heavy (non-hydrogen) atoms. The molecule has 10 heteroatoms. The number of thiophene rings is 1. The second-order valence-corrected chi connectivity index (χ2v) is 10.6. The van der Waals surface area contributed by atoms with Gasteiger partial charge < -0.3 is 15.8 Å². The van der Waals surface area contributed by atoms with Gasteiger partial charge in [-0.3, -0.25) is 9.59 Å². The molecule has 1 aliphatic heterocycles. The van der Waals surface area contributed by atoms with Gasteiger partial charge >= 0.3 is 0 Å². The average molecular weight is 466 g/mol. The quantitative estimate of drug-likeness (QED) is 0.652. The van der Waals surface area contributed by atoms with E-state index in [4.69, 9.17) is 10.5 Å². The summed E-state index contributed by atoms with van der Waals surface area (Å²) < 4.78 is 32.6. The Morgan fingerprint density at radius 1 is 1.19 bits per heavy atom. The third kappa shape index (κ3) is 4.91. The molecule has 0 spiro atoms. The second-order valence-electron chi connectivity index (χ2n) is 7.42. The zero-order valence-corrected chi connectivity index (χ0v) is 19.4. The Hall–Kier alpha value is -2.43. The highest BCUT2D eigenvalue weighted by atomic mass is 32.2. The number of carbonyl (C=O) groups excluding carboxylic acids is 2. The lowest BCUT2D eigenvalue weighted by molar-refractivity contribution is -0.120. The summed E-state index contributed by atoms with van der Waals surface area (Å²) in [6.07, 6.45) is 0.800. The van der Waals surface area contributed by atoms with E-state index in [9.17, 15) is 18.0 Å². The van der Waals surface area contributed by atoms with Crippen LogP contribution in [0.15, 0.2) is 29.2 Å². The number of hydrogen-bond acceptors (Lipinski definition) is 6. The Bertz CT molecular complexity index is 1070. The van der Waals surface area contributed by atoms with Crippen molar-refractivity contribution >= 4 is 38.2 Å². The molecular weight excluding hydrogens is 438 g/mol. The van der Waals surface area contributed by atoms with Crippen LogP contribution in [-0.2, 0) is 14.8 Å². The minimum absolute atomic E-state index is 0.203. The number of aryl methyl sites for hydroxylation is 1. The van der Waals surface area contributed by atoms with Gasteiger partial charge in [-0.25, -0.2) is 8.42 Å². The van der Waals surface area contributed by atoms with Crippen molar-refractivity contribution in [2.75, 3.05) is 25.0 Å². The molecule has 0 saturated carbocycles. The van der Waals surface area contributed by atoms with Crippen LogP contribution in [0.1, 0.15) is 40.6 Å². The van der Waals surface area contributed by atoms with Crippen LogP contribution < -0.4 is 15.8 Å². The third-order valence-electron chi connectivity index (χ3n) is 5.47. The molecule has 1 aromatic heterocycles. The van der Waals surface area contributed by atoms with E-state index in [-0.39, 0.29) is 29.8 Å². The SMILES string of the molecule is CCOc1ccc(S(=O)(=O)N2CCC(C(=O)Nc3sc(C)c(C)c3C(N)=O)CC2)cc1. The molecule has 3 rings (SSSR count). The van der Waals surface area contributed by atoms with Gasteiger partial charge in [-0.05, 0) is 63.4 Å². The van der Waals surface area contributed by atoms with Gasteiger partial charge in [0.15, 0.2) is 0 Å². The number of ether oxygens (including phenoxy) is 1. The summed E-state index contributed by atoms with van der Waals surface area (Å²) >= 11 is 1.32. The first-order valence-electron chi connectivity index (χ1n) is 10.1. The summed E-state index contributed by atoms with van der Waals surface area (Å²) in [5.74, 6) is -0.517. The summed E-state index contributed by atoms with van der Waals surface area (Å²) in [5, 5.41) is 3.28. The van der Waals surface area contributed by atoms with Gasteiger partial charge in [-0.1, -0.05) is 0 Å². The topological polar surface area (TPSA) is 119 Å². The number of piperidine rings is 1. The lowest BCUT2D eigenvalue weighted by Gasteiger charge is -2.30. The maximum atomic E-state index is 12.9. The molecule has 168 valence electrons. The van der Waals surface area contributed by atoms with Gasteiger partial charge in [0, 0.05) is 23.9 Å². The number of anilines is 1. The van der Waals surface area contributed by atoms with Crippen molar-refractivity contribution in [2.45, 2.75) is 38.5 Å². The molecule has 1 fully saturated rings. The molecular formula is C21H27N3O5S2. The van der Waals surface area contributed by atoms with Crippen molar-refractivity contribution in [3.63, 3.8) is 0 Å². The summed E-state index contributed by atoms with van der Waals surface area (Å²) in [7, 11) is -3.64. The van der Waals surface area contributed by atoms with Crippen molar-refractivity contribution in [2.24, 2.45) is 11.7 Å². The van der Waals surface area contributed by atoms with Crippen molar-refractivity contribution in [3.05, 3.63) is 40.3 Å². The maximum absolute atomic E-state index is 12.9. The maximum Gasteiger partial charge on any atom is 0.251 e. The molecule has 0 bridgehead atoms. The highest BCUT2D eigenvalue weighted by Gasteiger charge is 2.33. The number of nitrogens with zero attached hydrogens (tertiary/aromatic N) is 1. The largest absolute Gasteiger partial charge is 0.494 e. The van der Waals surface area contributed by atoms with Gasteiger partial charge in [0.1, 0.15) is 10.8 Å². The number of amides is 2. The molecule has 1 aromatic carbocycles. The fourth-order valence-electron chi connectivity index (χ4n) is 3.61. The van der Waals surface area contributed by atoms with E-state index in [1.165, 1.54) is 27.8 Å². The zero-order valence-electron chi connectivity index (χ0n) is 17.8. The van der Waals surface area contributed by atoms with E-state index < -0.39 is 15.9 Å². The molecule has 8 nitrogen and oxygen atoms in total. The van der Waals surface area contributed by atoms with Gasteiger partial charge in [-0.2, -0.15) is 4.31 Å². The zero-order chi connectivity index (χ0) is 22.8. The van der Waals surface area contributed by atoms with Crippen LogP contribution in [0.5, 0.6) is 5.75 Å². The van der Waals surface area contributed by atoms with E-state index in [2.05, 4.69) is 5.32 Å². The molecule has 2 aromatic rings. The van der Waals surface area contributed by atoms with Crippen LogP contribution in [0.3, 0.4) is 0 Å². The molecule has 2 heterocycles. The van der Waals surface area contributed by atoms with Crippen LogP contribution in [-0.4, -0.2) is 44.2 Å². The normalized spacial score (nSPS) is 15.6. The standard InChI is InChI=1S/C21H27N3O5S2/c1-4-29-16-5-7-17(8-6-16)31(27,28)24-11-9-15(10-12-24)20(26)23-21-18(19(22)25)13(2)14(3)30-21/h5-8,15H,4,9-12H2,1-3H3,(H2,22,25)(H,23,26). The Morgan fingerprint density at radius 3 is 2.35 bits per heavy atom. The summed E-state index contributed by atoms with van der Waals surface area (Å²) in [6, 6.07) is 6.34. The van der Waals surface area contributed by atoms with Crippen LogP contribution >= 0.6 is 11.3 Å². The minimum atomic E-state index is -3.64. The predicted molar refractivity (Wildman–Crippen MR) is 120 cm³/mol. The number of hydrogen-bond donors (Lipinski definition) is 2. The Morgan fingerprint density at radius 2 is 1.81 bits per heavy atom. The van der Waals surface area contributed by atoms with Crippen molar-refractivity contribution in [3.8, 4) is 5.75 Å². The predicted octanol–water partition coefficient (Wildman–Crippen LogP) is 2.90. The third-order valence-corrected chi connectivity index (χ3v) is 8.50. The van der Waals surface area contributed by atoms with E-state index in [1.807, 2.05) is 13.8 Å². The number of nitrogens with two attached hydrogens (primary N) is 1. The minimum Gasteiger partial charge on any atom is -0.494 e. The lowest BCUT2D eigenvalue weighted by Crippen LogP contribution is -2.41. The number of nitrogens with one attached hydrogen (secondary N) is 1. The molecule has 1 saturated heterocycles. The first-order valence-corrected chi connectivity index (χ1v) is 12.3. The number of primary amides is 1. The van der Waals surface area contributed by atoms with Crippen molar-refractivity contribution in [1.29, 1.82) is 0 Å². The van der Waals surface area contributed by atoms with Crippen molar-refractivity contribution in [1.82, 2.24) is 4.31 Å². The first kappa shape index (κ1) is 23.2. The van der Waals surface area contributed by atoms with Gasteiger partial charge in [0.25, 0.3) is 5.91 Å². The Kier molecular flexibility index (Phi) is 7.03. The highest BCUT2D eigenvalue weighted by molar-refractivity contribution is 7.89. The van der Waals surface area contributed by atoms with E-state index in [0.29, 0.717) is 35.8 Å². The molecule has 1 aliphatic rings. The Balaban J connectivity index is 1.64. The molecule has 0 atom stereocenters. The van der Waals surface area contributed by atoms with Gasteiger partial charge in [0.05, 0.1) is 17.1 Å². The van der Waals surface area contributed by atoms with Crippen molar-refractivity contribution < 1.29 is 22.7 Å².